The van der Waals surface area contributed by atoms with E-state index in [1.165, 1.54) is 6.08 Å². The molecule has 0 bridgehead atoms. The second-order valence-corrected chi connectivity index (χ2v) is 6.05. The molecule has 1 aliphatic rings. The SMILES string of the molecule is O=C(/C=C1/C(=O)N(Cc2ccccc2)c2ccccc21)c1ccncc1. The molecular formula is C22H16N2O2. The van der Waals surface area contributed by atoms with Gasteiger partial charge < -0.3 is 4.90 Å². The number of fused-ring (bicyclic) bond motifs is 1. The Bertz CT molecular complexity index is 995. The number of para-hydroxylation sites is 1. The molecular weight excluding hydrogens is 324 g/mol. The van der Waals surface area contributed by atoms with Gasteiger partial charge in [0.1, 0.15) is 0 Å². The van der Waals surface area contributed by atoms with Gasteiger partial charge in [0.2, 0.25) is 0 Å². The number of carbonyl (C=O) groups is 2. The number of rotatable bonds is 4. The Hall–Kier alpha value is -3.53. The van der Waals surface area contributed by atoms with E-state index >= 15 is 0 Å². The second kappa shape index (κ2) is 6.76. The van der Waals surface area contributed by atoms with E-state index in [0.717, 1.165) is 16.8 Å². The topological polar surface area (TPSA) is 50.3 Å². The number of hydrogen-bond donors (Lipinski definition) is 0. The Morgan fingerprint density at radius 2 is 1.62 bits per heavy atom. The molecule has 0 aliphatic carbocycles. The Morgan fingerprint density at radius 1 is 0.923 bits per heavy atom. The average Bonchev–Trinajstić information content (AvgIpc) is 2.95. The summed E-state index contributed by atoms with van der Waals surface area (Å²) in [6, 6.07) is 20.7. The predicted molar refractivity (Wildman–Crippen MR) is 101 cm³/mol. The Labute approximate surface area is 151 Å². The fourth-order valence-corrected chi connectivity index (χ4v) is 3.10. The van der Waals surface area contributed by atoms with Gasteiger partial charge in [-0.25, -0.2) is 0 Å². The third-order valence-electron chi connectivity index (χ3n) is 4.38. The highest BCUT2D eigenvalue weighted by atomic mass is 16.2. The third kappa shape index (κ3) is 2.93. The number of benzene rings is 2. The Kier molecular flexibility index (Phi) is 4.15. The van der Waals surface area contributed by atoms with Crippen LogP contribution in [0.2, 0.25) is 0 Å². The van der Waals surface area contributed by atoms with E-state index in [4.69, 9.17) is 0 Å². The normalized spacial score (nSPS) is 14.5. The molecule has 0 spiro atoms. The number of anilines is 1. The third-order valence-corrected chi connectivity index (χ3v) is 4.38. The first-order valence-corrected chi connectivity index (χ1v) is 8.35. The minimum absolute atomic E-state index is 0.155. The lowest BCUT2D eigenvalue weighted by Crippen LogP contribution is -2.25. The zero-order chi connectivity index (χ0) is 17.9. The average molecular weight is 340 g/mol. The van der Waals surface area contributed by atoms with Crippen molar-refractivity contribution < 1.29 is 9.59 Å². The number of amides is 1. The molecule has 4 heteroatoms. The monoisotopic (exact) mass is 340 g/mol. The van der Waals surface area contributed by atoms with Gasteiger partial charge in [-0.1, -0.05) is 48.5 Å². The molecule has 126 valence electrons. The first-order valence-electron chi connectivity index (χ1n) is 8.35. The number of allylic oxidation sites excluding steroid dienone is 1. The van der Waals surface area contributed by atoms with Gasteiger partial charge in [0.25, 0.3) is 5.91 Å². The number of ketones is 1. The maximum absolute atomic E-state index is 13.0. The van der Waals surface area contributed by atoms with Crippen LogP contribution in [0, 0.1) is 0 Å². The summed E-state index contributed by atoms with van der Waals surface area (Å²) in [7, 11) is 0. The van der Waals surface area contributed by atoms with E-state index < -0.39 is 0 Å². The van der Waals surface area contributed by atoms with Crippen molar-refractivity contribution in [2.75, 3.05) is 4.90 Å². The summed E-state index contributed by atoms with van der Waals surface area (Å²) in [6.45, 7) is 0.470. The largest absolute Gasteiger partial charge is 0.303 e. The van der Waals surface area contributed by atoms with Crippen LogP contribution in [0.5, 0.6) is 0 Å². The minimum atomic E-state index is -0.202. The van der Waals surface area contributed by atoms with Crippen molar-refractivity contribution in [1.82, 2.24) is 4.98 Å². The summed E-state index contributed by atoms with van der Waals surface area (Å²) in [5, 5.41) is 0. The molecule has 0 atom stereocenters. The maximum Gasteiger partial charge on any atom is 0.259 e. The van der Waals surface area contributed by atoms with Crippen molar-refractivity contribution >= 4 is 23.0 Å². The van der Waals surface area contributed by atoms with Crippen molar-refractivity contribution in [2.24, 2.45) is 0 Å². The van der Waals surface area contributed by atoms with Crippen LogP contribution in [0.3, 0.4) is 0 Å². The summed E-state index contributed by atoms with van der Waals surface area (Å²) in [6.07, 6.45) is 4.57. The van der Waals surface area contributed by atoms with Crippen molar-refractivity contribution in [3.8, 4) is 0 Å². The lowest BCUT2D eigenvalue weighted by molar-refractivity contribution is -0.113. The van der Waals surface area contributed by atoms with E-state index in [9.17, 15) is 9.59 Å². The molecule has 1 aliphatic heterocycles. The molecule has 2 heterocycles. The highest BCUT2D eigenvalue weighted by Gasteiger charge is 2.32. The summed E-state index contributed by atoms with van der Waals surface area (Å²) < 4.78 is 0. The molecule has 0 saturated heterocycles. The zero-order valence-corrected chi connectivity index (χ0v) is 14.0. The maximum atomic E-state index is 13.0. The minimum Gasteiger partial charge on any atom is -0.303 e. The van der Waals surface area contributed by atoms with Crippen molar-refractivity contribution in [1.29, 1.82) is 0 Å². The van der Waals surface area contributed by atoms with E-state index in [1.54, 1.807) is 29.4 Å². The van der Waals surface area contributed by atoms with E-state index in [2.05, 4.69) is 4.98 Å². The molecule has 0 fully saturated rings. The van der Waals surface area contributed by atoms with Crippen molar-refractivity contribution in [3.63, 3.8) is 0 Å². The summed E-state index contributed by atoms with van der Waals surface area (Å²) in [5.41, 5.74) is 3.60. The van der Waals surface area contributed by atoms with Crippen molar-refractivity contribution in [2.45, 2.75) is 6.54 Å². The lowest BCUT2D eigenvalue weighted by atomic mass is 10.0. The summed E-state index contributed by atoms with van der Waals surface area (Å²) >= 11 is 0. The van der Waals surface area contributed by atoms with Crippen LogP contribution in [0.1, 0.15) is 21.5 Å². The lowest BCUT2D eigenvalue weighted by Gasteiger charge is -2.17. The highest BCUT2D eigenvalue weighted by molar-refractivity contribution is 6.35. The standard InChI is InChI=1S/C22H16N2O2/c25-21(17-10-12-23-13-11-17)14-19-18-8-4-5-9-20(18)24(22(19)26)15-16-6-2-1-3-7-16/h1-14H,15H2/b19-14+. The fraction of sp³-hybridized carbons (Fsp3) is 0.0455. The first kappa shape index (κ1) is 16.0. The number of nitrogens with zero attached hydrogens (tertiary/aromatic N) is 2. The van der Waals surface area contributed by atoms with Crippen LogP contribution >= 0.6 is 0 Å². The molecule has 3 aromatic rings. The van der Waals surface area contributed by atoms with Crippen LogP contribution in [-0.2, 0) is 11.3 Å². The van der Waals surface area contributed by atoms with Crippen LogP contribution in [0.15, 0.2) is 85.2 Å². The number of pyridine rings is 1. The van der Waals surface area contributed by atoms with Gasteiger partial charge in [0, 0.05) is 23.5 Å². The molecule has 26 heavy (non-hydrogen) atoms. The van der Waals surface area contributed by atoms with Crippen LogP contribution in [0.25, 0.3) is 5.57 Å². The molecule has 4 rings (SSSR count). The Balaban J connectivity index is 1.72. The molecule has 0 saturated carbocycles. The van der Waals surface area contributed by atoms with E-state index in [0.29, 0.717) is 17.7 Å². The number of hydrogen-bond acceptors (Lipinski definition) is 3. The molecule has 0 radical (unpaired) electrons. The summed E-state index contributed by atoms with van der Waals surface area (Å²) in [5.74, 6) is -0.357. The van der Waals surface area contributed by atoms with Gasteiger partial charge >= 0.3 is 0 Å². The van der Waals surface area contributed by atoms with Gasteiger partial charge in [0.15, 0.2) is 5.78 Å². The van der Waals surface area contributed by atoms with Crippen LogP contribution in [0.4, 0.5) is 5.69 Å². The van der Waals surface area contributed by atoms with E-state index in [1.807, 2.05) is 54.6 Å². The molecule has 1 amide bonds. The van der Waals surface area contributed by atoms with E-state index in [-0.39, 0.29) is 11.7 Å². The smallest absolute Gasteiger partial charge is 0.259 e. The predicted octanol–water partition coefficient (Wildman–Crippen LogP) is 3.89. The van der Waals surface area contributed by atoms with Crippen LogP contribution < -0.4 is 4.90 Å². The summed E-state index contributed by atoms with van der Waals surface area (Å²) in [4.78, 5) is 31.2. The highest BCUT2D eigenvalue weighted by Crippen LogP contribution is 2.37. The molecule has 0 unspecified atom stereocenters. The van der Waals surface area contributed by atoms with Gasteiger partial charge in [-0.3, -0.25) is 14.6 Å². The van der Waals surface area contributed by atoms with Crippen LogP contribution in [-0.4, -0.2) is 16.7 Å². The van der Waals surface area contributed by atoms with Gasteiger partial charge in [-0.15, -0.1) is 0 Å². The van der Waals surface area contributed by atoms with Gasteiger partial charge in [0.05, 0.1) is 17.8 Å². The van der Waals surface area contributed by atoms with Gasteiger partial charge in [-0.05, 0) is 29.8 Å². The Morgan fingerprint density at radius 3 is 2.38 bits per heavy atom. The quantitative estimate of drug-likeness (QED) is 0.535. The molecule has 0 N–H and O–H groups in total. The number of carbonyl (C=O) groups excluding carboxylic acids is 2. The molecule has 2 aromatic carbocycles. The zero-order valence-electron chi connectivity index (χ0n) is 14.0. The molecule has 4 nitrogen and oxygen atoms in total. The number of aromatic nitrogens is 1. The van der Waals surface area contributed by atoms with Crippen molar-refractivity contribution in [3.05, 3.63) is 102 Å². The first-order chi connectivity index (χ1) is 12.7. The second-order valence-electron chi connectivity index (χ2n) is 6.05. The molecule has 1 aromatic heterocycles. The fourth-order valence-electron chi connectivity index (χ4n) is 3.10. The van der Waals surface area contributed by atoms with Gasteiger partial charge in [-0.2, -0.15) is 0 Å².